The molecule has 13 heavy (non-hydrogen) atoms. The van der Waals surface area contributed by atoms with Gasteiger partial charge in [-0.15, -0.1) is 0 Å². The van der Waals surface area contributed by atoms with Crippen LogP contribution in [0.15, 0.2) is 0 Å². The van der Waals surface area contributed by atoms with Gasteiger partial charge in [0.1, 0.15) is 0 Å². The average molecular weight is 202 g/mol. The van der Waals surface area contributed by atoms with Gasteiger partial charge in [0.2, 0.25) is 0 Å². The van der Waals surface area contributed by atoms with E-state index in [1.54, 1.807) is 0 Å². The molecule has 0 bridgehead atoms. The number of aliphatic hydroxyl groups is 1. The molecule has 1 aliphatic rings. The molecule has 6 heteroatoms. The standard InChI is InChI=1S/C7H10F4O2/c8-6(9)7(10,11)1-4-2-13-3-5(4)12/h4-6,12H,1-3H2/t4-,5-/m1/s1. The molecule has 0 unspecified atom stereocenters. The molecule has 1 rings (SSSR count). The number of ether oxygens (including phenoxy) is 1. The SMILES string of the molecule is O[C@@H]1COC[C@H]1CC(F)(F)C(F)F. The monoisotopic (exact) mass is 202 g/mol. The predicted octanol–water partition coefficient (Wildman–Crippen LogP) is 1.28. The lowest BCUT2D eigenvalue weighted by Crippen LogP contribution is -2.33. The molecule has 0 amide bonds. The van der Waals surface area contributed by atoms with E-state index in [1.807, 2.05) is 0 Å². The third kappa shape index (κ3) is 2.54. The first kappa shape index (κ1) is 10.7. The summed E-state index contributed by atoms with van der Waals surface area (Å²) in [6.07, 6.45) is -5.75. The molecule has 1 aliphatic heterocycles. The second-order valence-corrected chi connectivity index (χ2v) is 3.13. The van der Waals surface area contributed by atoms with Crippen LogP contribution in [0.25, 0.3) is 0 Å². The van der Waals surface area contributed by atoms with Crippen molar-refractivity contribution >= 4 is 0 Å². The molecule has 0 aliphatic carbocycles. The molecular weight excluding hydrogens is 192 g/mol. The van der Waals surface area contributed by atoms with Crippen molar-refractivity contribution in [1.82, 2.24) is 0 Å². The first-order valence-electron chi connectivity index (χ1n) is 3.85. The number of alkyl halides is 4. The summed E-state index contributed by atoms with van der Waals surface area (Å²) in [4.78, 5) is 0. The van der Waals surface area contributed by atoms with Crippen LogP contribution in [-0.4, -0.2) is 36.8 Å². The summed E-state index contributed by atoms with van der Waals surface area (Å²) in [5, 5.41) is 9.03. The van der Waals surface area contributed by atoms with Crippen LogP contribution in [0.5, 0.6) is 0 Å². The van der Waals surface area contributed by atoms with Gasteiger partial charge in [-0.1, -0.05) is 0 Å². The normalized spacial score (nSPS) is 30.0. The van der Waals surface area contributed by atoms with Gasteiger partial charge in [0.25, 0.3) is 0 Å². The van der Waals surface area contributed by atoms with Gasteiger partial charge in [-0.25, -0.2) is 17.6 Å². The Hall–Kier alpha value is -0.360. The van der Waals surface area contributed by atoms with E-state index in [9.17, 15) is 17.6 Å². The lowest BCUT2D eigenvalue weighted by atomic mass is 9.98. The molecule has 2 nitrogen and oxygen atoms in total. The highest BCUT2D eigenvalue weighted by Crippen LogP contribution is 2.33. The van der Waals surface area contributed by atoms with Gasteiger partial charge in [0.05, 0.1) is 19.3 Å². The molecule has 0 radical (unpaired) electrons. The van der Waals surface area contributed by atoms with Crippen LogP contribution in [-0.2, 0) is 4.74 Å². The fraction of sp³-hybridized carbons (Fsp3) is 1.00. The molecule has 78 valence electrons. The molecular formula is C7H10F4O2. The van der Waals surface area contributed by atoms with E-state index in [4.69, 9.17) is 5.11 Å². The minimum atomic E-state index is -4.03. The van der Waals surface area contributed by atoms with Crippen molar-refractivity contribution in [3.05, 3.63) is 0 Å². The van der Waals surface area contributed by atoms with Crippen molar-refractivity contribution in [2.75, 3.05) is 13.2 Å². The highest BCUT2D eigenvalue weighted by atomic mass is 19.3. The van der Waals surface area contributed by atoms with Crippen molar-refractivity contribution in [1.29, 1.82) is 0 Å². The Morgan fingerprint density at radius 3 is 2.38 bits per heavy atom. The first-order chi connectivity index (χ1) is 5.93. The van der Waals surface area contributed by atoms with E-state index >= 15 is 0 Å². The predicted molar refractivity (Wildman–Crippen MR) is 35.9 cm³/mol. The molecule has 0 aromatic carbocycles. The number of halogens is 4. The number of hydrogen-bond acceptors (Lipinski definition) is 2. The van der Waals surface area contributed by atoms with E-state index in [2.05, 4.69) is 4.74 Å². The van der Waals surface area contributed by atoms with Crippen molar-refractivity contribution in [3.63, 3.8) is 0 Å². The maximum Gasteiger partial charge on any atom is 0.307 e. The summed E-state index contributed by atoms with van der Waals surface area (Å²) < 4.78 is 53.0. The van der Waals surface area contributed by atoms with Crippen LogP contribution >= 0.6 is 0 Å². The fourth-order valence-corrected chi connectivity index (χ4v) is 1.22. The van der Waals surface area contributed by atoms with Crippen LogP contribution in [0, 0.1) is 5.92 Å². The molecule has 0 aromatic rings. The maximum atomic E-state index is 12.5. The number of aliphatic hydroxyl groups excluding tert-OH is 1. The van der Waals surface area contributed by atoms with E-state index in [1.165, 1.54) is 0 Å². The lowest BCUT2D eigenvalue weighted by molar-refractivity contribution is -0.144. The van der Waals surface area contributed by atoms with Crippen LogP contribution in [0.1, 0.15) is 6.42 Å². The third-order valence-electron chi connectivity index (χ3n) is 2.02. The minimum Gasteiger partial charge on any atom is -0.390 e. The highest BCUT2D eigenvalue weighted by Gasteiger charge is 2.45. The molecule has 1 fully saturated rings. The van der Waals surface area contributed by atoms with Crippen molar-refractivity contribution in [2.45, 2.75) is 24.9 Å². The Labute approximate surface area is 72.5 Å². The number of rotatable bonds is 3. The number of hydrogen-bond donors (Lipinski definition) is 1. The second-order valence-electron chi connectivity index (χ2n) is 3.13. The Morgan fingerprint density at radius 2 is 2.00 bits per heavy atom. The summed E-state index contributed by atoms with van der Waals surface area (Å²) in [6, 6.07) is 0. The van der Waals surface area contributed by atoms with Crippen molar-refractivity contribution in [2.24, 2.45) is 5.92 Å². The Bertz CT molecular complexity index is 174. The van der Waals surface area contributed by atoms with Gasteiger partial charge in [-0.3, -0.25) is 0 Å². The van der Waals surface area contributed by atoms with E-state index in [-0.39, 0.29) is 13.2 Å². The molecule has 0 aromatic heterocycles. The zero-order valence-electron chi connectivity index (χ0n) is 6.72. The average Bonchev–Trinajstić information content (AvgIpc) is 2.35. The molecule has 0 saturated carbocycles. The van der Waals surface area contributed by atoms with E-state index in [0.29, 0.717) is 0 Å². The summed E-state index contributed by atoms with van der Waals surface area (Å²) in [6.45, 7) is -0.131. The van der Waals surface area contributed by atoms with Gasteiger partial charge in [0.15, 0.2) is 0 Å². The van der Waals surface area contributed by atoms with Gasteiger partial charge in [0, 0.05) is 12.3 Å². The van der Waals surface area contributed by atoms with Crippen molar-refractivity contribution < 1.29 is 27.4 Å². The van der Waals surface area contributed by atoms with Crippen LogP contribution in [0.2, 0.25) is 0 Å². The van der Waals surface area contributed by atoms with Crippen LogP contribution < -0.4 is 0 Å². The molecule has 0 spiro atoms. The van der Waals surface area contributed by atoms with Crippen LogP contribution in [0.3, 0.4) is 0 Å². The van der Waals surface area contributed by atoms with Crippen LogP contribution in [0.4, 0.5) is 17.6 Å². The molecule has 2 atom stereocenters. The summed E-state index contributed by atoms with van der Waals surface area (Å²) in [5.41, 5.74) is 0. The maximum absolute atomic E-state index is 12.5. The smallest absolute Gasteiger partial charge is 0.307 e. The minimum absolute atomic E-state index is 0.0516. The van der Waals surface area contributed by atoms with Gasteiger partial charge in [-0.2, -0.15) is 0 Å². The topological polar surface area (TPSA) is 29.5 Å². The van der Waals surface area contributed by atoms with Gasteiger partial charge >= 0.3 is 12.3 Å². The van der Waals surface area contributed by atoms with Gasteiger partial charge in [-0.05, 0) is 0 Å². The second kappa shape index (κ2) is 3.79. The van der Waals surface area contributed by atoms with Crippen molar-refractivity contribution in [3.8, 4) is 0 Å². The Kier molecular flexibility index (Phi) is 3.13. The van der Waals surface area contributed by atoms with E-state index < -0.39 is 30.8 Å². The lowest BCUT2D eigenvalue weighted by Gasteiger charge is -2.20. The van der Waals surface area contributed by atoms with E-state index in [0.717, 1.165) is 0 Å². The Morgan fingerprint density at radius 1 is 1.38 bits per heavy atom. The molecule has 1 saturated heterocycles. The zero-order chi connectivity index (χ0) is 10.1. The summed E-state index contributed by atoms with van der Waals surface area (Å²) in [5.74, 6) is -4.91. The third-order valence-corrected chi connectivity index (χ3v) is 2.02. The largest absolute Gasteiger partial charge is 0.390 e. The zero-order valence-corrected chi connectivity index (χ0v) is 6.72. The summed E-state index contributed by atoms with van der Waals surface area (Å²) >= 11 is 0. The molecule has 1 N–H and O–H groups in total. The highest BCUT2D eigenvalue weighted by molar-refractivity contribution is 4.81. The summed E-state index contributed by atoms with van der Waals surface area (Å²) in [7, 11) is 0. The quantitative estimate of drug-likeness (QED) is 0.698. The van der Waals surface area contributed by atoms with Gasteiger partial charge < -0.3 is 9.84 Å². The fourth-order valence-electron chi connectivity index (χ4n) is 1.22. The molecule has 1 heterocycles. The first-order valence-corrected chi connectivity index (χ1v) is 3.85. The Balaban J connectivity index is 2.47.